The molecule has 0 aliphatic rings. The van der Waals surface area contributed by atoms with E-state index in [0.29, 0.717) is 18.1 Å². The fourth-order valence-electron chi connectivity index (χ4n) is 2.38. The molecular formula is C21H24O5. The summed E-state index contributed by atoms with van der Waals surface area (Å²) >= 11 is 0. The molecule has 5 nitrogen and oxygen atoms in total. The summed E-state index contributed by atoms with van der Waals surface area (Å²) in [4.78, 5) is 12.0. The van der Waals surface area contributed by atoms with Crippen LogP contribution in [0.5, 0.6) is 17.2 Å². The standard InChI is InChI=1S/C21H24O5/c1-5-25-18-9-6-16(7-10-18)8-11-21(22)26-14-17-13-20(24-4)19(23-3)12-15(17)2/h6-13H,5,14H2,1-4H3/b11-8+. The molecule has 0 spiro atoms. The number of ether oxygens (including phenoxy) is 4. The molecule has 2 aromatic carbocycles. The summed E-state index contributed by atoms with van der Waals surface area (Å²) in [6, 6.07) is 11.2. The third kappa shape index (κ3) is 5.28. The molecule has 0 aliphatic carbocycles. The molecule has 0 unspecified atom stereocenters. The Balaban J connectivity index is 1.96. The number of esters is 1. The lowest BCUT2D eigenvalue weighted by Crippen LogP contribution is -2.03. The zero-order valence-electron chi connectivity index (χ0n) is 15.6. The van der Waals surface area contributed by atoms with Gasteiger partial charge in [-0.3, -0.25) is 0 Å². The van der Waals surface area contributed by atoms with Gasteiger partial charge in [-0.15, -0.1) is 0 Å². The fraction of sp³-hybridized carbons (Fsp3) is 0.286. The lowest BCUT2D eigenvalue weighted by Gasteiger charge is -2.12. The number of hydrogen-bond acceptors (Lipinski definition) is 5. The molecule has 0 saturated heterocycles. The van der Waals surface area contributed by atoms with Crippen molar-refractivity contribution in [3.63, 3.8) is 0 Å². The van der Waals surface area contributed by atoms with Crippen LogP contribution in [0.15, 0.2) is 42.5 Å². The monoisotopic (exact) mass is 356 g/mol. The van der Waals surface area contributed by atoms with Gasteiger partial charge in [0.2, 0.25) is 0 Å². The molecule has 0 aliphatic heterocycles. The summed E-state index contributed by atoms with van der Waals surface area (Å²) < 4.78 is 21.2. The summed E-state index contributed by atoms with van der Waals surface area (Å²) in [5.41, 5.74) is 2.73. The number of methoxy groups -OCH3 is 2. The summed E-state index contributed by atoms with van der Waals surface area (Å²) in [5, 5.41) is 0. The van der Waals surface area contributed by atoms with Gasteiger partial charge >= 0.3 is 5.97 Å². The van der Waals surface area contributed by atoms with E-state index in [1.54, 1.807) is 20.3 Å². The second-order valence-corrected chi connectivity index (χ2v) is 5.58. The maximum atomic E-state index is 12.0. The highest BCUT2D eigenvalue weighted by atomic mass is 16.5. The lowest BCUT2D eigenvalue weighted by molar-refractivity contribution is -0.138. The van der Waals surface area contributed by atoms with Crippen LogP contribution in [0, 0.1) is 6.92 Å². The Morgan fingerprint density at radius 1 is 1.04 bits per heavy atom. The van der Waals surface area contributed by atoms with Crippen molar-refractivity contribution in [2.24, 2.45) is 0 Å². The molecule has 138 valence electrons. The molecule has 0 atom stereocenters. The highest BCUT2D eigenvalue weighted by molar-refractivity contribution is 5.87. The second kappa shape index (κ2) is 9.51. The molecule has 2 rings (SSSR count). The SMILES string of the molecule is CCOc1ccc(/C=C/C(=O)OCc2cc(OC)c(OC)cc2C)cc1. The average molecular weight is 356 g/mol. The normalized spacial score (nSPS) is 10.6. The van der Waals surface area contributed by atoms with E-state index in [1.807, 2.05) is 50.2 Å². The Hall–Kier alpha value is -2.95. The first-order valence-electron chi connectivity index (χ1n) is 8.36. The van der Waals surface area contributed by atoms with Crippen molar-refractivity contribution >= 4 is 12.0 Å². The van der Waals surface area contributed by atoms with Crippen LogP contribution in [0.2, 0.25) is 0 Å². The molecule has 0 heterocycles. The first-order valence-corrected chi connectivity index (χ1v) is 8.36. The van der Waals surface area contributed by atoms with Crippen molar-refractivity contribution in [3.8, 4) is 17.2 Å². The number of carbonyl (C=O) groups is 1. The van der Waals surface area contributed by atoms with E-state index in [1.165, 1.54) is 6.08 Å². The average Bonchev–Trinajstić information content (AvgIpc) is 2.66. The third-order valence-corrected chi connectivity index (χ3v) is 3.82. The van der Waals surface area contributed by atoms with Gasteiger partial charge in [0.25, 0.3) is 0 Å². The van der Waals surface area contributed by atoms with E-state index in [4.69, 9.17) is 18.9 Å². The zero-order chi connectivity index (χ0) is 18.9. The van der Waals surface area contributed by atoms with Crippen molar-refractivity contribution in [2.75, 3.05) is 20.8 Å². The minimum Gasteiger partial charge on any atom is -0.494 e. The largest absolute Gasteiger partial charge is 0.494 e. The lowest BCUT2D eigenvalue weighted by atomic mass is 10.1. The third-order valence-electron chi connectivity index (χ3n) is 3.82. The fourth-order valence-corrected chi connectivity index (χ4v) is 2.38. The quantitative estimate of drug-likeness (QED) is 0.525. The van der Waals surface area contributed by atoms with Crippen LogP contribution in [0.1, 0.15) is 23.6 Å². The zero-order valence-corrected chi connectivity index (χ0v) is 15.6. The first kappa shape index (κ1) is 19.4. The summed E-state index contributed by atoms with van der Waals surface area (Å²) in [5.74, 6) is 1.65. The van der Waals surface area contributed by atoms with E-state index in [-0.39, 0.29) is 6.61 Å². The Labute approximate surface area is 154 Å². The van der Waals surface area contributed by atoms with E-state index in [9.17, 15) is 4.79 Å². The molecule has 0 aromatic heterocycles. The first-order chi connectivity index (χ1) is 12.6. The van der Waals surface area contributed by atoms with Gasteiger partial charge in [-0.2, -0.15) is 0 Å². The minimum atomic E-state index is -0.409. The molecule has 0 fully saturated rings. The van der Waals surface area contributed by atoms with Crippen molar-refractivity contribution in [1.82, 2.24) is 0 Å². The van der Waals surface area contributed by atoms with E-state index in [2.05, 4.69) is 0 Å². The number of hydrogen-bond donors (Lipinski definition) is 0. The van der Waals surface area contributed by atoms with Crippen molar-refractivity contribution in [2.45, 2.75) is 20.5 Å². The number of aryl methyl sites for hydroxylation is 1. The molecule has 26 heavy (non-hydrogen) atoms. The highest BCUT2D eigenvalue weighted by Crippen LogP contribution is 2.30. The van der Waals surface area contributed by atoms with E-state index >= 15 is 0 Å². The maximum absolute atomic E-state index is 12.0. The van der Waals surface area contributed by atoms with Crippen molar-refractivity contribution < 1.29 is 23.7 Å². The van der Waals surface area contributed by atoms with Crippen LogP contribution < -0.4 is 14.2 Å². The molecule has 5 heteroatoms. The second-order valence-electron chi connectivity index (χ2n) is 5.58. The summed E-state index contributed by atoms with van der Waals surface area (Å²) in [6.07, 6.45) is 3.12. The van der Waals surface area contributed by atoms with Gasteiger partial charge in [-0.1, -0.05) is 12.1 Å². The van der Waals surface area contributed by atoms with Crippen LogP contribution >= 0.6 is 0 Å². The molecular weight excluding hydrogens is 332 g/mol. The molecule has 2 aromatic rings. The number of carbonyl (C=O) groups excluding carboxylic acids is 1. The van der Waals surface area contributed by atoms with Crippen molar-refractivity contribution in [3.05, 3.63) is 59.2 Å². The Morgan fingerprint density at radius 2 is 1.69 bits per heavy atom. The molecule has 0 saturated carbocycles. The molecule has 0 radical (unpaired) electrons. The van der Waals surface area contributed by atoms with E-state index in [0.717, 1.165) is 22.4 Å². The van der Waals surface area contributed by atoms with Gasteiger partial charge in [0.15, 0.2) is 11.5 Å². The van der Waals surface area contributed by atoms with Crippen molar-refractivity contribution in [1.29, 1.82) is 0 Å². The van der Waals surface area contributed by atoms with Gasteiger partial charge in [-0.25, -0.2) is 4.79 Å². The summed E-state index contributed by atoms with van der Waals surface area (Å²) in [7, 11) is 3.16. The van der Waals surface area contributed by atoms with Gasteiger partial charge < -0.3 is 18.9 Å². The predicted molar refractivity (Wildman–Crippen MR) is 101 cm³/mol. The number of rotatable bonds is 8. The maximum Gasteiger partial charge on any atom is 0.331 e. The molecule has 0 N–H and O–H groups in total. The minimum absolute atomic E-state index is 0.165. The Bertz CT molecular complexity index is 763. The van der Waals surface area contributed by atoms with Crippen LogP contribution in [0.3, 0.4) is 0 Å². The predicted octanol–water partition coefficient (Wildman–Crippen LogP) is 4.17. The molecule has 0 bridgehead atoms. The smallest absolute Gasteiger partial charge is 0.331 e. The number of benzene rings is 2. The van der Waals surface area contributed by atoms with E-state index < -0.39 is 5.97 Å². The van der Waals surface area contributed by atoms with Gasteiger partial charge in [0, 0.05) is 6.08 Å². The van der Waals surface area contributed by atoms with Crippen LogP contribution in [0.4, 0.5) is 0 Å². The van der Waals surface area contributed by atoms with Crippen LogP contribution in [-0.4, -0.2) is 26.8 Å². The van der Waals surface area contributed by atoms with Gasteiger partial charge in [0.1, 0.15) is 12.4 Å². The van der Waals surface area contributed by atoms with Gasteiger partial charge in [-0.05, 0) is 60.9 Å². The highest BCUT2D eigenvalue weighted by Gasteiger charge is 2.10. The Morgan fingerprint density at radius 3 is 2.31 bits per heavy atom. The van der Waals surface area contributed by atoms with Crippen LogP contribution in [0.25, 0.3) is 6.08 Å². The topological polar surface area (TPSA) is 54.0 Å². The summed E-state index contributed by atoms with van der Waals surface area (Å²) in [6.45, 7) is 4.65. The van der Waals surface area contributed by atoms with Crippen LogP contribution in [-0.2, 0) is 16.1 Å². The molecule has 0 amide bonds. The Kier molecular flexibility index (Phi) is 7.09. The van der Waals surface area contributed by atoms with Gasteiger partial charge in [0.05, 0.1) is 20.8 Å².